The minimum absolute atomic E-state index is 0. The number of rotatable bonds is 8. The second-order valence-corrected chi connectivity index (χ2v) is 6.81. The van der Waals surface area contributed by atoms with Crippen molar-refractivity contribution in [1.29, 1.82) is 0 Å². The van der Waals surface area contributed by atoms with Crippen LogP contribution in [-0.2, 0) is 16.0 Å². The van der Waals surface area contributed by atoms with Gasteiger partial charge in [-0.3, -0.25) is 4.79 Å². The summed E-state index contributed by atoms with van der Waals surface area (Å²) in [6.45, 7) is 4.83. The molecule has 0 fully saturated rings. The summed E-state index contributed by atoms with van der Waals surface area (Å²) in [6.07, 6.45) is 1.38. The summed E-state index contributed by atoms with van der Waals surface area (Å²) in [4.78, 5) is 12.5. The highest BCUT2D eigenvalue weighted by molar-refractivity contribution is 9.10. The average Bonchev–Trinajstić information content (AvgIpc) is 2.43. The monoisotopic (exact) mass is 392 g/mol. The van der Waals surface area contributed by atoms with Gasteiger partial charge in [-0.05, 0) is 44.4 Å². The van der Waals surface area contributed by atoms with Crippen LogP contribution in [0.25, 0.3) is 0 Å². The molecule has 1 unspecified atom stereocenters. The molecule has 4 nitrogen and oxygen atoms in total. The molecule has 0 aliphatic carbocycles. The first kappa shape index (κ1) is 21.4. The van der Waals surface area contributed by atoms with Crippen LogP contribution in [0.1, 0.15) is 25.8 Å². The molecule has 1 aromatic carbocycles. The molecule has 3 N–H and O–H groups in total. The number of carbonyl (C=O) groups excluding carboxylic acids is 1. The highest BCUT2D eigenvalue weighted by atomic mass is 79.9. The Kier molecular flexibility index (Phi) is 9.92. The molecule has 126 valence electrons. The van der Waals surface area contributed by atoms with Gasteiger partial charge in [0.1, 0.15) is 0 Å². The molecule has 0 bridgehead atoms. The molecule has 22 heavy (non-hydrogen) atoms. The van der Waals surface area contributed by atoms with Gasteiger partial charge in [0.05, 0.1) is 0 Å². The molecule has 0 saturated heterocycles. The number of halogens is 2. The van der Waals surface area contributed by atoms with Crippen molar-refractivity contribution in [3.63, 3.8) is 0 Å². The predicted octanol–water partition coefficient (Wildman–Crippen LogP) is 2.92. The van der Waals surface area contributed by atoms with Crippen molar-refractivity contribution in [3.05, 3.63) is 34.3 Å². The van der Waals surface area contributed by atoms with Crippen LogP contribution in [0.3, 0.4) is 0 Å². The van der Waals surface area contributed by atoms with Gasteiger partial charge < -0.3 is 15.8 Å². The van der Waals surface area contributed by atoms with Crippen LogP contribution < -0.4 is 11.1 Å². The Morgan fingerprint density at radius 2 is 2.14 bits per heavy atom. The lowest BCUT2D eigenvalue weighted by Gasteiger charge is -2.27. The molecule has 1 rings (SSSR count). The normalized spacial score (nSPS) is 12.4. The first-order valence-corrected chi connectivity index (χ1v) is 7.92. The van der Waals surface area contributed by atoms with Gasteiger partial charge in [-0.25, -0.2) is 0 Å². The second-order valence-electron chi connectivity index (χ2n) is 5.89. The smallest absolute Gasteiger partial charge is 0.223 e. The fourth-order valence-corrected chi connectivity index (χ4v) is 2.47. The van der Waals surface area contributed by atoms with E-state index in [0.29, 0.717) is 26.0 Å². The number of carbonyl (C=O) groups is 1. The first-order chi connectivity index (χ1) is 9.88. The lowest BCUT2D eigenvalue weighted by Crippen LogP contribution is -2.51. The van der Waals surface area contributed by atoms with Crippen LogP contribution in [-0.4, -0.2) is 31.7 Å². The molecule has 1 amide bonds. The molecule has 1 aromatic rings. The predicted molar refractivity (Wildman–Crippen MR) is 96.4 cm³/mol. The van der Waals surface area contributed by atoms with Gasteiger partial charge in [0.2, 0.25) is 5.91 Å². The molecule has 6 heteroatoms. The maximum atomic E-state index is 12.5. The van der Waals surface area contributed by atoms with Crippen LogP contribution in [0.15, 0.2) is 28.7 Å². The zero-order chi connectivity index (χ0) is 15.9. The van der Waals surface area contributed by atoms with Crippen molar-refractivity contribution < 1.29 is 9.53 Å². The van der Waals surface area contributed by atoms with Gasteiger partial charge in [-0.1, -0.05) is 28.1 Å². The fraction of sp³-hybridized carbons (Fsp3) is 0.562. The molecular formula is C16H26BrClN2O2. The number of methoxy groups -OCH3 is 1. The third kappa shape index (κ3) is 7.58. The molecule has 0 heterocycles. The minimum Gasteiger partial charge on any atom is -0.385 e. The zero-order valence-corrected chi connectivity index (χ0v) is 15.8. The van der Waals surface area contributed by atoms with Crippen LogP contribution in [0.4, 0.5) is 0 Å². The quantitative estimate of drug-likeness (QED) is 0.714. The molecule has 0 spiro atoms. The molecule has 0 aliphatic heterocycles. The third-order valence-electron chi connectivity index (χ3n) is 3.38. The van der Waals surface area contributed by atoms with Gasteiger partial charge in [0, 0.05) is 36.2 Å². The number of nitrogens with two attached hydrogens (primary N) is 1. The van der Waals surface area contributed by atoms with Gasteiger partial charge in [-0.15, -0.1) is 12.4 Å². The van der Waals surface area contributed by atoms with Crippen LogP contribution in [0, 0.1) is 5.92 Å². The van der Waals surface area contributed by atoms with Crippen molar-refractivity contribution in [2.75, 3.05) is 20.3 Å². The van der Waals surface area contributed by atoms with E-state index in [2.05, 4.69) is 21.2 Å². The lowest BCUT2D eigenvalue weighted by atomic mass is 9.94. The number of hydrogen-bond acceptors (Lipinski definition) is 3. The van der Waals surface area contributed by atoms with Crippen molar-refractivity contribution in [2.45, 2.75) is 32.2 Å². The first-order valence-electron chi connectivity index (χ1n) is 7.13. The van der Waals surface area contributed by atoms with E-state index in [-0.39, 0.29) is 29.8 Å². The summed E-state index contributed by atoms with van der Waals surface area (Å²) in [5.74, 6) is -0.0902. The van der Waals surface area contributed by atoms with Gasteiger partial charge in [-0.2, -0.15) is 0 Å². The Labute approximate surface area is 147 Å². The molecule has 0 saturated carbocycles. The average molecular weight is 394 g/mol. The van der Waals surface area contributed by atoms with E-state index in [9.17, 15) is 4.79 Å². The van der Waals surface area contributed by atoms with E-state index in [0.717, 1.165) is 10.0 Å². The summed E-state index contributed by atoms with van der Waals surface area (Å²) in [6, 6.07) is 8.03. The summed E-state index contributed by atoms with van der Waals surface area (Å²) < 4.78 is 6.15. The summed E-state index contributed by atoms with van der Waals surface area (Å²) in [7, 11) is 1.65. The number of amides is 1. The summed E-state index contributed by atoms with van der Waals surface area (Å²) in [5.41, 5.74) is 6.42. The van der Waals surface area contributed by atoms with Crippen molar-refractivity contribution in [3.8, 4) is 0 Å². The summed E-state index contributed by atoms with van der Waals surface area (Å²) in [5, 5.41) is 3.02. The van der Waals surface area contributed by atoms with Crippen LogP contribution >= 0.6 is 28.3 Å². The highest BCUT2D eigenvalue weighted by Gasteiger charge is 2.25. The van der Waals surface area contributed by atoms with E-state index in [1.807, 2.05) is 38.1 Å². The van der Waals surface area contributed by atoms with Crippen LogP contribution in [0.2, 0.25) is 0 Å². The largest absolute Gasteiger partial charge is 0.385 e. The third-order valence-corrected chi connectivity index (χ3v) is 3.88. The van der Waals surface area contributed by atoms with Gasteiger partial charge in [0.15, 0.2) is 0 Å². The summed E-state index contributed by atoms with van der Waals surface area (Å²) >= 11 is 3.46. The van der Waals surface area contributed by atoms with E-state index in [4.69, 9.17) is 10.5 Å². The molecule has 0 aliphatic rings. The van der Waals surface area contributed by atoms with E-state index in [1.165, 1.54) is 0 Å². The Morgan fingerprint density at radius 3 is 2.68 bits per heavy atom. The van der Waals surface area contributed by atoms with E-state index < -0.39 is 0 Å². The lowest BCUT2D eigenvalue weighted by molar-refractivity contribution is -0.127. The molecule has 1 atom stereocenters. The van der Waals surface area contributed by atoms with Crippen molar-refractivity contribution in [1.82, 2.24) is 5.32 Å². The van der Waals surface area contributed by atoms with Crippen molar-refractivity contribution >= 4 is 34.2 Å². The number of benzene rings is 1. The molecular weight excluding hydrogens is 368 g/mol. The van der Waals surface area contributed by atoms with E-state index >= 15 is 0 Å². The SMILES string of the molecule is COCCC(Cc1cccc(Br)c1)C(=O)NC(C)(C)CN.Cl. The maximum Gasteiger partial charge on any atom is 0.223 e. The number of ether oxygens (including phenoxy) is 1. The standard InChI is InChI=1S/C16H25BrN2O2.ClH/c1-16(2,11-18)19-15(20)13(7-8-21-3)9-12-5-4-6-14(17)10-12;/h4-6,10,13H,7-9,11,18H2,1-3H3,(H,19,20);1H. The van der Waals surface area contributed by atoms with Gasteiger partial charge in [0.25, 0.3) is 0 Å². The highest BCUT2D eigenvalue weighted by Crippen LogP contribution is 2.18. The Balaban J connectivity index is 0.00000441. The fourth-order valence-electron chi connectivity index (χ4n) is 2.02. The molecule has 0 aromatic heterocycles. The second kappa shape index (κ2) is 10.2. The zero-order valence-electron chi connectivity index (χ0n) is 13.4. The number of hydrogen-bond donors (Lipinski definition) is 2. The van der Waals surface area contributed by atoms with Gasteiger partial charge >= 0.3 is 0 Å². The minimum atomic E-state index is -0.389. The number of nitrogens with one attached hydrogen (secondary N) is 1. The van der Waals surface area contributed by atoms with Crippen molar-refractivity contribution in [2.24, 2.45) is 11.7 Å². The Morgan fingerprint density at radius 1 is 1.45 bits per heavy atom. The molecule has 0 radical (unpaired) electrons. The Bertz CT molecular complexity index is 469. The maximum absolute atomic E-state index is 12.5. The topological polar surface area (TPSA) is 64.3 Å². The van der Waals surface area contributed by atoms with Crippen LogP contribution in [0.5, 0.6) is 0 Å². The van der Waals surface area contributed by atoms with E-state index in [1.54, 1.807) is 7.11 Å². The Hall–Kier alpha value is -0.620.